The Hall–Kier alpha value is -3.80. The van der Waals surface area contributed by atoms with Gasteiger partial charge in [-0.25, -0.2) is 0 Å². The predicted octanol–water partition coefficient (Wildman–Crippen LogP) is 3.73. The van der Waals surface area contributed by atoms with E-state index < -0.39 is 5.92 Å². The van der Waals surface area contributed by atoms with Gasteiger partial charge in [0.2, 0.25) is 5.91 Å². The molecule has 0 bridgehead atoms. The van der Waals surface area contributed by atoms with E-state index in [9.17, 15) is 4.79 Å². The second-order valence-corrected chi connectivity index (χ2v) is 7.25. The van der Waals surface area contributed by atoms with Crippen LogP contribution in [0, 0.1) is 13.8 Å². The van der Waals surface area contributed by atoms with Crippen LogP contribution in [0.5, 0.6) is 0 Å². The maximum absolute atomic E-state index is 13.2. The molecule has 3 aromatic carbocycles. The first-order valence-corrected chi connectivity index (χ1v) is 9.86. The summed E-state index contributed by atoms with van der Waals surface area (Å²) in [5.74, 6) is 0.0758. The molecule has 1 heterocycles. The minimum absolute atomic E-state index is 0.0953. The van der Waals surface area contributed by atoms with Crippen LogP contribution in [-0.4, -0.2) is 26.1 Å². The largest absolute Gasteiger partial charge is 0.348 e. The van der Waals surface area contributed by atoms with Crippen molar-refractivity contribution in [2.24, 2.45) is 0 Å². The number of aromatic nitrogens is 4. The third-order valence-corrected chi connectivity index (χ3v) is 5.22. The summed E-state index contributed by atoms with van der Waals surface area (Å²) in [5, 5.41) is 15.0. The highest BCUT2D eigenvalue weighted by Gasteiger charge is 2.23. The number of aryl methyl sites for hydroxylation is 2. The van der Waals surface area contributed by atoms with Crippen LogP contribution in [0.4, 0.5) is 0 Å². The Morgan fingerprint density at radius 1 is 0.900 bits per heavy atom. The van der Waals surface area contributed by atoms with Gasteiger partial charge in [0.15, 0.2) is 5.82 Å². The lowest BCUT2D eigenvalue weighted by atomic mass is 9.90. The van der Waals surface area contributed by atoms with Gasteiger partial charge in [0, 0.05) is 0 Å². The van der Waals surface area contributed by atoms with E-state index in [4.69, 9.17) is 0 Å². The van der Waals surface area contributed by atoms with Gasteiger partial charge in [0.05, 0.1) is 18.2 Å². The number of benzene rings is 3. The fourth-order valence-electron chi connectivity index (χ4n) is 3.43. The number of amides is 1. The van der Waals surface area contributed by atoms with E-state index in [1.165, 1.54) is 5.56 Å². The van der Waals surface area contributed by atoms with Gasteiger partial charge in [-0.1, -0.05) is 66.7 Å². The Balaban J connectivity index is 1.56. The molecule has 1 N–H and O–H groups in total. The molecule has 6 heteroatoms. The number of nitrogens with zero attached hydrogens (tertiary/aromatic N) is 4. The van der Waals surface area contributed by atoms with Crippen molar-refractivity contribution in [3.63, 3.8) is 0 Å². The molecular weight excluding hydrogens is 374 g/mol. The van der Waals surface area contributed by atoms with E-state index >= 15 is 0 Å². The number of tetrazole rings is 1. The van der Waals surface area contributed by atoms with Gasteiger partial charge < -0.3 is 5.32 Å². The number of hydrogen-bond donors (Lipinski definition) is 1. The van der Waals surface area contributed by atoms with Crippen molar-refractivity contribution in [3.8, 4) is 5.69 Å². The van der Waals surface area contributed by atoms with Gasteiger partial charge in [-0.05, 0) is 58.7 Å². The van der Waals surface area contributed by atoms with E-state index in [2.05, 4.69) is 34.7 Å². The van der Waals surface area contributed by atoms with Crippen LogP contribution in [0.3, 0.4) is 0 Å². The second-order valence-electron chi connectivity index (χ2n) is 7.25. The zero-order valence-electron chi connectivity index (χ0n) is 17.0. The van der Waals surface area contributed by atoms with E-state index in [-0.39, 0.29) is 12.5 Å². The lowest BCUT2D eigenvalue weighted by Gasteiger charge is -2.18. The number of carbonyl (C=O) groups is 1. The van der Waals surface area contributed by atoms with Gasteiger partial charge in [-0.3, -0.25) is 4.79 Å². The van der Waals surface area contributed by atoms with Crippen molar-refractivity contribution in [3.05, 3.63) is 107 Å². The van der Waals surface area contributed by atoms with Crippen molar-refractivity contribution < 1.29 is 4.79 Å². The van der Waals surface area contributed by atoms with Crippen molar-refractivity contribution in [1.29, 1.82) is 0 Å². The first-order chi connectivity index (χ1) is 14.6. The Morgan fingerprint density at radius 3 is 2.13 bits per heavy atom. The molecular formula is C24H23N5O. The van der Waals surface area contributed by atoms with Crippen LogP contribution in [0.15, 0.2) is 78.9 Å². The molecule has 150 valence electrons. The minimum Gasteiger partial charge on any atom is -0.348 e. The molecule has 0 aliphatic carbocycles. The van der Waals surface area contributed by atoms with Gasteiger partial charge in [0.1, 0.15) is 0 Å². The summed E-state index contributed by atoms with van der Waals surface area (Å²) in [6.45, 7) is 4.34. The number of rotatable bonds is 6. The first-order valence-electron chi connectivity index (χ1n) is 9.86. The van der Waals surface area contributed by atoms with Gasteiger partial charge in [0.25, 0.3) is 0 Å². The Morgan fingerprint density at radius 2 is 1.53 bits per heavy atom. The summed E-state index contributed by atoms with van der Waals surface area (Å²) in [5.41, 5.74) is 5.11. The molecule has 0 unspecified atom stereocenters. The molecule has 30 heavy (non-hydrogen) atoms. The molecule has 4 rings (SSSR count). The molecule has 0 fully saturated rings. The monoisotopic (exact) mass is 397 g/mol. The normalized spacial score (nSPS) is 10.9. The molecule has 0 spiro atoms. The smallest absolute Gasteiger partial charge is 0.232 e. The first kappa shape index (κ1) is 19.5. The SMILES string of the molecule is Cc1ccc(-n2nnnc2CNC(=O)C(c2ccccc2)c2ccccc2)cc1C. The third-order valence-electron chi connectivity index (χ3n) is 5.22. The number of nitrogens with one attached hydrogen (secondary N) is 1. The molecule has 0 saturated heterocycles. The maximum Gasteiger partial charge on any atom is 0.232 e. The minimum atomic E-state index is -0.404. The molecule has 1 amide bonds. The molecule has 0 aliphatic heterocycles. The van der Waals surface area contributed by atoms with Crippen molar-refractivity contribution in [2.45, 2.75) is 26.3 Å². The lowest BCUT2D eigenvalue weighted by molar-refractivity contribution is -0.121. The quantitative estimate of drug-likeness (QED) is 0.538. The fourth-order valence-corrected chi connectivity index (χ4v) is 3.43. The third kappa shape index (κ3) is 4.12. The van der Waals surface area contributed by atoms with Crippen LogP contribution in [0.25, 0.3) is 5.69 Å². The zero-order chi connectivity index (χ0) is 20.9. The number of hydrogen-bond acceptors (Lipinski definition) is 4. The van der Waals surface area contributed by atoms with E-state index in [0.717, 1.165) is 22.4 Å². The lowest BCUT2D eigenvalue weighted by Crippen LogP contribution is -2.30. The Kier molecular flexibility index (Phi) is 5.66. The molecule has 0 aliphatic rings. The number of carbonyl (C=O) groups excluding carboxylic acids is 1. The Labute approximate surface area is 175 Å². The van der Waals surface area contributed by atoms with E-state index in [1.54, 1.807) is 4.68 Å². The summed E-state index contributed by atoms with van der Waals surface area (Å²) in [6, 6.07) is 25.6. The molecule has 0 saturated carbocycles. The summed E-state index contributed by atoms with van der Waals surface area (Å²) in [6.07, 6.45) is 0. The van der Waals surface area contributed by atoms with Crippen molar-refractivity contribution >= 4 is 5.91 Å². The molecule has 1 aromatic heterocycles. The maximum atomic E-state index is 13.2. The Bertz CT molecular complexity index is 1100. The van der Waals surface area contributed by atoms with Crippen LogP contribution >= 0.6 is 0 Å². The predicted molar refractivity (Wildman–Crippen MR) is 115 cm³/mol. The highest BCUT2D eigenvalue weighted by Crippen LogP contribution is 2.25. The second kappa shape index (κ2) is 8.69. The molecule has 4 aromatic rings. The molecule has 0 atom stereocenters. The average molecular weight is 397 g/mol. The molecule has 0 radical (unpaired) electrons. The van der Waals surface area contributed by atoms with Crippen LogP contribution in [0.2, 0.25) is 0 Å². The van der Waals surface area contributed by atoms with Gasteiger partial charge in [-0.15, -0.1) is 5.10 Å². The highest BCUT2D eigenvalue weighted by atomic mass is 16.1. The van der Waals surface area contributed by atoms with E-state index in [0.29, 0.717) is 5.82 Å². The van der Waals surface area contributed by atoms with Crippen LogP contribution < -0.4 is 5.32 Å². The summed E-state index contributed by atoms with van der Waals surface area (Å²) >= 11 is 0. The van der Waals surface area contributed by atoms with Gasteiger partial charge in [-0.2, -0.15) is 4.68 Å². The molecule has 6 nitrogen and oxygen atoms in total. The van der Waals surface area contributed by atoms with Crippen LogP contribution in [-0.2, 0) is 11.3 Å². The summed E-state index contributed by atoms with van der Waals surface area (Å²) < 4.78 is 1.66. The highest BCUT2D eigenvalue weighted by molar-refractivity contribution is 5.87. The summed E-state index contributed by atoms with van der Waals surface area (Å²) in [4.78, 5) is 13.2. The van der Waals surface area contributed by atoms with Gasteiger partial charge >= 0.3 is 0 Å². The van der Waals surface area contributed by atoms with Crippen molar-refractivity contribution in [1.82, 2.24) is 25.5 Å². The van der Waals surface area contributed by atoms with E-state index in [1.807, 2.05) is 78.9 Å². The zero-order valence-corrected chi connectivity index (χ0v) is 17.0. The average Bonchev–Trinajstić information content (AvgIpc) is 3.25. The van der Waals surface area contributed by atoms with Crippen LogP contribution in [0.1, 0.15) is 34.0 Å². The van der Waals surface area contributed by atoms with Crippen molar-refractivity contribution in [2.75, 3.05) is 0 Å². The summed E-state index contributed by atoms with van der Waals surface area (Å²) in [7, 11) is 0. The topological polar surface area (TPSA) is 72.7 Å². The standard InChI is InChI=1S/C24H23N5O/c1-17-13-14-21(15-18(17)2)29-22(26-27-28-29)16-25-24(30)23(19-9-5-3-6-10-19)20-11-7-4-8-12-20/h3-15,23H,16H2,1-2H3,(H,25,30). The fraction of sp³-hybridized carbons (Fsp3) is 0.167.